The molecule has 1 saturated heterocycles. The van der Waals surface area contributed by atoms with E-state index in [0.717, 1.165) is 22.5 Å². The van der Waals surface area contributed by atoms with Crippen molar-refractivity contribution in [3.8, 4) is 0 Å². The summed E-state index contributed by atoms with van der Waals surface area (Å²) >= 11 is 0. The quantitative estimate of drug-likeness (QED) is 0.742. The van der Waals surface area contributed by atoms with Gasteiger partial charge in [-0.05, 0) is 25.1 Å². The number of nitrogens with zero attached hydrogens (tertiary/aromatic N) is 1. The molecule has 1 heterocycles. The zero-order valence-electron chi connectivity index (χ0n) is 9.22. The number of hydrogen-bond acceptors (Lipinski definition) is 4. The Morgan fingerprint density at radius 3 is 2.53 bits per heavy atom. The maximum Gasteiger partial charge on any atom is 0.245 e. The van der Waals surface area contributed by atoms with Crippen LogP contribution in [-0.2, 0) is 10.0 Å². The van der Waals surface area contributed by atoms with Crippen molar-refractivity contribution in [2.24, 2.45) is 0 Å². The maximum atomic E-state index is 12.8. The summed E-state index contributed by atoms with van der Waals surface area (Å²) in [7, 11) is -3.74. The van der Waals surface area contributed by atoms with Crippen LogP contribution < -0.4 is 5.73 Å². The van der Waals surface area contributed by atoms with E-state index in [-0.39, 0.29) is 23.7 Å². The van der Waals surface area contributed by atoms with Crippen molar-refractivity contribution in [3.63, 3.8) is 0 Å². The minimum Gasteiger partial charge on any atom is -0.398 e. The van der Waals surface area contributed by atoms with Crippen molar-refractivity contribution < 1.29 is 17.9 Å². The lowest BCUT2D eigenvalue weighted by Gasteiger charge is -2.42. The Kier molecular flexibility index (Phi) is 2.64. The van der Waals surface area contributed by atoms with Crippen molar-refractivity contribution in [1.29, 1.82) is 0 Å². The molecule has 94 valence electrons. The monoisotopic (exact) mass is 260 g/mol. The molecule has 0 radical (unpaired) electrons. The molecule has 1 aliphatic heterocycles. The van der Waals surface area contributed by atoms with Crippen molar-refractivity contribution in [3.05, 3.63) is 24.0 Å². The third-order valence-corrected chi connectivity index (χ3v) is 4.49. The first-order valence-electron chi connectivity index (χ1n) is 5.00. The number of hydrogen-bond donors (Lipinski definition) is 2. The molecule has 2 rings (SSSR count). The van der Waals surface area contributed by atoms with Crippen LogP contribution in [0.2, 0.25) is 0 Å². The van der Waals surface area contributed by atoms with Crippen molar-refractivity contribution in [2.75, 3.05) is 18.8 Å². The molecule has 1 aromatic rings. The number of halogens is 1. The fraction of sp³-hybridized carbons (Fsp3) is 0.400. The number of nitrogen functional groups attached to an aromatic ring is 1. The van der Waals surface area contributed by atoms with E-state index in [1.165, 1.54) is 0 Å². The predicted octanol–water partition coefficient (Wildman–Crippen LogP) is 0.163. The van der Waals surface area contributed by atoms with Gasteiger partial charge >= 0.3 is 0 Å². The molecule has 1 aromatic carbocycles. The summed E-state index contributed by atoms with van der Waals surface area (Å²) in [5.41, 5.74) is 4.36. The number of aliphatic hydroxyl groups is 1. The fourth-order valence-electron chi connectivity index (χ4n) is 1.78. The molecule has 0 saturated carbocycles. The molecule has 0 aliphatic carbocycles. The first kappa shape index (κ1) is 12.3. The lowest BCUT2D eigenvalue weighted by Crippen LogP contribution is -2.61. The van der Waals surface area contributed by atoms with E-state index in [2.05, 4.69) is 0 Å². The van der Waals surface area contributed by atoms with E-state index >= 15 is 0 Å². The Bertz CT molecular complexity index is 549. The summed E-state index contributed by atoms with van der Waals surface area (Å²) in [4.78, 5) is -0.130. The van der Waals surface area contributed by atoms with Crippen molar-refractivity contribution >= 4 is 15.7 Å². The molecule has 3 N–H and O–H groups in total. The van der Waals surface area contributed by atoms with E-state index < -0.39 is 21.4 Å². The summed E-state index contributed by atoms with van der Waals surface area (Å²) in [6.07, 6.45) is 0. The van der Waals surface area contributed by atoms with Crippen LogP contribution >= 0.6 is 0 Å². The average Bonchev–Trinajstić information content (AvgIpc) is 2.13. The Hall–Kier alpha value is -1.18. The van der Waals surface area contributed by atoms with Crippen LogP contribution in [0.3, 0.4) is 0 Å². The molecule has 1 fully saturated rings. The minimum atomic E-state index is -3.74. The fourth-order valence-corrected chi connectivity index (χ4v) is 3.55. The van der Waals surface area contributed by atoms with Crippen LogP contribution in [0.1, 0.15) is 6.92 Å². The SMILES string of the molecule is CC1(O)CN(S(=O)(=O)c2ccc(F)cc2N)C1. The van der Waals surface area contributed by atoms with Gasteiger partial charge in [-0.1, -0.05) is 0 Å². The third kappa shape index (κ3) is 2.13. The summed E-state index contributed by atoms with van der Waals surface area (Å²) in [6.45, 7) is 1.59. The van der Waals surface area contributed by atoms with Gasteiger partial charge in [-0.25, -0.2) is 12.8 Å². The summed E-state index contributed by atoms with van der Waals surface area (Å²) in [5, 5.41) is 9.51. The highest BCUT2D eigenvalue weighted by molar-refractivity contribution is 7.89. The van der Waals surface area contributed by atoms with Gasteiger partial charge in [-0.2, -0.15) is 4.31 Å². The van der Waals surface area contributed by atoms with Gasteiger partial charge < -0.3 is 10.8 Å². The Morgan fingerprint density at radius 2 is 2.06 bits per heavy atom. The Balaban J connectivity index is 2.34. The highest BCUT2D eigenvalue weighted by atomic mass is 32.2. The summed E-state index contributed by atoms with van der Waals surface area (Å²) in [5.74, 6) is -0.586. The minimum absolute atomic E-state index is 0.0200. The molecular weight excluding hydrogens is 247 g/mol. The van der Waals surface area contributed by atoms with Gasteiger partial charge in [-0.3, -0.25) is 0 Å². The van der Waals surface area contributed by atoms with Crippen LogP contribution in [0.4, 0.5) is 10.1 Å². The van der Waals surface area contributed by atoms with Gasteiger partial charge in [0.2, 0.25) is 10.0 Å². The normalized spacial score (nSPS) is 19.9. The second-order valence-corrected chi connectivity index (χ2v) is 6.36. The van der Waals surface area contributed by atoms with Crippen LogP contribution in [0.25, 0.3) is 0 Å². The summed E-state index contributed by atoms with van der Waals surface area (Å²) < 4.78 is 38.0. The van der Waals surface area contributed by atoms with Gasteiger partial charge in [0.15, 0.2) is 0 Å². The predicted molar refractivity (Wildman–Crippen MR) is 60.2 cm³/mol. The second kappa shape index (κ2) is 3.66. The first-order chi connectivity index (χ1) is 7.72. The van der Waals surface area contributed by atoms with Crippen LogP contribution in [0, 0.1) is 5.82 Å². The third-order valence-electron chi connectivity index (χ3n) is 2.62. The lowest BCUT2D eigenvalue weighted by molar-refractivity contribution is -0.0426. The van der Waals surface area contributed by atoms with E-state index in [0.29, 0.717) is 0 Å². The molecule has 5 nitrogen and oxygen atoms in total. The van der Waals surface area contributed by atoms with E-state index in [1.54, 1.807) is 6.92 Å². The number of β-amino-alcohol motifs (C(OH)–C–C–N with tert-alkyl or cyclic N) is 1. The zero-order valence-corrected chi connectivity index (χ0v) is 10.0. The van der Waals surface area contributed by atoms with Gasteiger partial charge in [0.05, 0.1) is 11.3 Å². The van der Waals surface area contributed by atoms with E-state index in [4.69, 9.17) is 5.73 Å². The molecule has 1 aliphatic rings. The largest absolute Gasteiger partial charge is 0.398 e. The average molecular weight is 260 g/mol. The number of rotatable bonds is 2. The lowest BCUT2D eigenvalue weighted by atomic mass is 10.0. The van der Waals surface area contributed by atoms with E-state index in [9.17, 15) is 17.9 Å². The molecule has 0 aromatic heterocycles. The molecule has 0 unspecified atom stereocenters. The van der Waals surface area contributed by atoms with Gasteiger partial charge in [-0.15, -0.1) is 0 Å². The van der Waals surface area contributed by atoms with Gasteiger partial charge in [0.1, 0.15) is 10.7 Å². The zero-order chi connectivity index (χ0) is 12.8. The molecule has 0 bridgehead atoms. The highest BCUT2D eigenvalue weighted by Crippen LogP contribution is 2.30. The molecule has 7 heteroatoms. The number of anilines is 1. The van der Waals surface area contributed by atoms with Crippen LogP contribution in [0.15, 0.2) is 23.1 Å². The van der Waals surface area contributed by atoms with Crippen LogP contribution in [-0.4, -0.2) is 36.5 Å². The molecule has 17 heavy (non-hydrogen) atoms. The first-order valence-corrected chi connectivity index (χ1v) is 6.44. The molecule has 0 amide bonds. The Labute approximate surface area is 98.7 Å². The number of sulfonamides is 1. The van der Waals surface area contributed by atoms with E-state index in [1.807, 2.05) is 0 Å². The highest BCUT2D eigenvalue weighted by Gasteiger charge is 2.44. The van der Waals surface area contributed by atoms with Crippen molar-refractivity contribution in [2.45, 2.75) is 17.4 Å². The van der Waals surface area contributed by atoms with Crippen LogP contribution in [0.5, 0.6) is 0 Å². The molecular formula is C10H13FN2O3S. The summed E-state index contributed by atoms with van der Waals surface area (Å²) in [6, 6.07) is 3.14. The number of nitrogens with two attached hydrogens (primary N) is 1. The van der Waals surface area contributed by atoms with Gasteiger partial charge in [0.25, 0.3) is 0 Å². The Morgan fingerprint density at radius 1 is 1.47 bits per heavy atom. The standard InChI is InChI=1S/C10H13FN2O3S/c1-10(14)5-13(6-10)17(15,16)9-3-2-7(11)4-8(9)12/h2-4,14H,5-6,12H2,1H3. The topological polar surface area (TPSA) is 83.6 Å². The maximum absolute atomic E-state index is 12.8. The van der Waals surface area contributed by atoms with Crippen molar-refractivity contribution in [1.82, 2.24) is 4.31 Å². The molecule has 0 spiro atoms. The number of benzene rings is 1. The smallest absolute Gasteiger partial charge is 0.245 e. The molecule has 0 atom stereocenters. The second-order valence-electron chi connectivity index (χ2n) is 4.45. The van der Waals surface area contributed by atoms with Gasteiger partial charge in [0, 0.05) is 13.1 Å².